The molecule has 0 radical (unpaired) electrons. The summed E-state index contributed by atoms with van der Waals surface area (Å²) in [6, 6.07) is 86.2. The van der Waals surface area contributed by atoms with Crippen molar-refractivity contribution in [3.63, 3.8) is 0 Å². The summed E-state index contributed by atoms with van der Waals surface area (Å²) in [4.78, 5) is 4.41. The fourth-order valence-corrected chi connectivity index (χ4v) is 18.9. The zero-order valence-corrected chi connectivity index (χ0v) is 33.5. The van der Waals surface area contributed by atoms with Crippen LogP contribution in [0.1, 0.15) is 0 Å². The van der Waals surface area contributed by atoms with Crippen LogP contribution in [-0.4, -0.2) is 25.7 Å². The van der Waals surface area contributed by atoms with E-state index in [0.717, 1.165) is 5.69 Å². The van der Waals surface area contributed by atoms with Gasteiger partial charge in [-0.3, -0.25) is 4.98 Å². The third-order valence-electron chi connectivity index (χ3n) is 11.8. The molecule has 0 aliphatic rings. The monoisotopic (exact) mass is 760 g/mol. The lowest BCUT2D eigenvalue weighted by atomic mass is 10.1. The molecule has 0 saturated carbocycles. The highest BCUT2D eigenvalue weighted by atomic mass is 28.3. The van der Waals surface area contributed by atoms with Gasteiger partial charge in [-0.25, -0.2) is 0 Å². The van der Waals surface area contributed by atoms with E-state index in [1.54, 1.807) is 0 Å². The van der Waals surface area contributed by atoms with Crippen molar-refractivity contribution in [3.05, 3.63) is 243 Å². The summed E-state index contributed by atoms with van der Waals surface area (Å²) < 4.78 is 2.42. The maximum atomic E-state index is 4.41. The summed E-state index contributed by atoms with van der Waals surface area (Å²) in [7, 11) is -5.59. The molecule has 0 unspecified atom stereocenters. The molecule has 0 amide bonds. The number of hydrogen-bond acceptors (Lipinski definition) is 1. The molecule has 0 atom stereocenters. The maximum Gasteiger partial charge on any atom is 0.179 e. The Balaban J connectivity index is 1.34. The first-order valence-electron chi connectivity index (χ1n) is 19.6. The topological polar surface area (TPSA) is 17.8 Å². The third kappa shape index (κ3) is 5.64. The first kappa shape index (κ1) is 34.6. The van der Waals surface area contributed by atoms with E-state index in [0.29, 0.717) is 0 Å². The van der Waals surface area contributed by atoms with Crippen LogP contribution in [0.2, 0.25) is 0 Å². The predicted octanol–water partition coefficient (Wildman–Crippen LogP) is 6.93. The standard InChI is InChI=1S/C53H40N2Si2/c1-7-19-42(20-8-1)56(43-21-9-2-10-22-43,44-23-11-3-12-24-44)48-31-33-52-50(39-48)51-40-49(32-34-53(51)55(52)41-35-37-54-38-36-41)57(45-25-13-4-14-26-45,46-27-15-5-16-28-46)47-29-17-6-18-30-47/h1-40H. The summed E-state index contributed by atoms with van der Waals surface area (Å²) in [6.45, 7) is 0. The number of aromatic nitrogens is 2. The van der Waals surface area contributed by atoms with E-state index in [4.69, 9.17) is 0 Å². The highest BCUT2D eigenvalue weighted by molar-refractivity contribution is 7.20. The number of hydrogen-bond donors (Lipinski definition) is 0. The molecule has 4 heteroatoms. The van der Waals surface area contributed by atoms with Crippen LogP contribution in [0.25, 0.3) is 27.5 Å². The van der Waals surface area contributed by atoms with Gasteiger partial charge in [-0.05, 0) is 65.8 Å². The van der Waals surface area contributed by atoms with Crippen molar-refractivity contribution in [3.8, 4) is 5.69 Å². The van der Waals surface area contributed by atoms with Crippen LogP contribution >= 0.6 is 0 Å². The van der Waals surface area contributed by atoms with Crippen LogP contribution in [0, 0.1) is 0 Å². The molecule has 270 valence electrons. The van der Waals surface area contributed by atoms with Gasteiger partial charge >= 0.3 is 0 Å². The molecule has 8 aromatic carbocycles. The van der Waals surface area contributed by atoms with Gasteiger partial charge < -0.3 is 4.57 Å². The molecule has 10 aromatic rings. The van der Waals surface area contributed by atoms with Crippen molar-refractivity contribution in [1.29, 1.82) is 0 Å². The molecule has 2 heterocycles. The Bertz CT molecular complexity index is 2540. The Morgan fingerprint density at radius 2 is 0.561 bits per heavy atom. The molecule has 0 saturated heterocycles. The fourth-order valence-electron chi connectivity index (χ4n) is 9.39. The van der Waals surface area contributed by atoms with Crippen LogP contribution in [0.3, 0.4) is 0 Å². The van der Waals surface area contributed by atoms with Crippen LogP contribution in [0.15, 0.2) is 243 Å². The Kier molecular flexibility index (Phi) is 8.90. The maximum absolute atomic E-state index is 4.41. The second-order valence-corrected chi connectivity index (χ2v) is 22.3. The van der Waals surface area contributed by atoms with Gasteiger partial charge in [-0.15, -0.1) is 0 Å². The van der Waals surface area contributed by atoms with Gasteiger partial charge in [0.1, 0.15) is 0 Å². The first-order chi connectivity index (χ1) is 28.3. The van der Waals surface area contributed by atoms with Crippen LogP contribution in [-0.2, 0) is 0 Å². The molecule has 0 aliphatic carbocycles. The lowest BCUT2D eigenvalue weighted by molar-refractivity contribution is 1.16. The Morgan fingerprint density at radius 3 is 0.842 bits per heavy atom. The minimum atomic E-state index is -2.79. The molecular weight excluding hydrogens is 721 g/mol. The van der Waals surface area contributed by atoms with E-state index in [2.05, 4.69) is 240 Å². The third-order valence-corrected chi connectivity index (χ3v) is 21.3. The van der Waals surface area contributed by atoms with Gasteiger partial charge in [0.05, 0.1) is 11.0 Å². The molecule has 0 bridgehead atoms. The number of pyridine rings is 1. The number of fused-ring (bicyclic) bond motifs is 3. The van der Waals surface area contributed by atoms with Crippen molar-refractivity contribution in [2.75, 3.05) is 0 Å². The highest BCUT2D eigenvalue weighted by Crippen LogP contribution is 2.32. The Labute approximate surface area is 336 Å². The van der Waals surface area contributed by atoms with Crippen molar-refractivity contribution in [1.82, 2.24) is 9.55 Å². The number of benzene rings is 8. The molecule has 0 spiro atoms. The highest BCUT2D eigenvalue weighted by Gasteiger charge is 2.43. The van der Waals surface area contributed by atoms with E-state index in [-0.39, 0.29) is 0 Å². The zero-order valence-electron chi connectivity index (χ0n) is 31.5. The summed E-state index contributed by atoms with van der Waals surface area (Å²) in [6.07, 6.45) is 3.79. The SMILES string of the molecule is c1ccc([Si](c2ccccc2)(c2ccccc2)c2ccc3c(c2)c2cc([Si](c4ccccc4)(c4ccccc4)c4ccccc4)ccc2n3-c2ccncc2)cc1. The van der Waals surface area contributed by atoms with Crippen LogP contribution < -0.4 is 41.5 Å². The van der Waals surface area contributed by atoms with Gasteiger partial charge in [0, 0.05) is 28.9 Å². The first-order valence-corrected chi connectivity index (χ1v) is 23.6. The summed E-state index contributed by atoms with van der Waals surface area (Å²) in [5.74, 6) is 0. The van der Waals surface area contributed by atoms with Crippen molar-refractivity contribution in [2.45, 2.75) is 0 Å². The summed E-state index contributed by atoms with van der Waals surface area (Å²) in [5.41, 5.74) is 3.46. The molecule has 0 fully saturated rings. The average molecular weight is 761 g/mol. The molecule has 2 aromatic heterocycles. The van der Waals surface area contributed by atoms with E-state index in [9.17, 15) is 0 Å². The molecule has 10 rings (SSSR count). The smallest absolute Gasteiger partial charge is 0.179 e. The normalized spacial score (nSPS) is 11.9. The van der Waals surface area contributed by atoms with Crippen molar-refractivity contribution in [2.24, 2.45) is 0 Å². The molecule has 2 nitrogen and oxygen atoms in total. The second kappa shape index (κ2) is 14.7. The van der Waals surface area contributed by atoms with Gasteiger partial charge in [0.2, 0.25) is 0 Å². The van der Waals surface area contributed by atoms with Crippen molar-refractivity contribution >= 4 is 79.4 Å². The lowest BCUT2D eigenvalue weighted by Gasteiger charge is -2.34. The predicted molar refractivity (Wildman–Crippen MR) is 246 cm³/mol. The van der Waals surface area contributed by atoms with Crippen LogP contribution in [0.4, 0.5) is 0 Å². The Morgan fingerprint density at radius 1 is 0.281 bits per heavy atom. The second-order valence-electron chi connectivity index (χ2n) is 14.7. The minimum Gasteiger partial charge on any atom is -0.309 e. The zero-order chi connectivity index (χ0) is 38.1. The fraction of sp³-hybridized carbons (Fsp3) is 0. The summed E-state index contributed by atoms with van der Waals surface area (Å²) in [5, 5.41) is 13.4. The van der Waals surface area contributed by atoms with E-state index in [1.165, 1.54) is 63.3 Å². The number of rotatable bonds is 9. The largest absolute Gasteiger partial charge is 0.309 e. The average Bonchev–Trinajstić information content (AvgIpc) is 3.63. The molecular formula is C53H40N2Si2. The van der Waals surface area contributed by atoms with E-state index >= 15 is 0 Å². The molecule has 0 aliphatic heterocycles. The number of nitrogens with zero attached hydrogens (tertiary/aromatic N) is 2. The lowest BCUT2D eigenvalue weighted by Crippen LogP contribution is -2.74. The Hall–Kier alpha value is -6.86. The van der Waals surface area contributed by atoms with Crippen LogP contribution in [0.5, 0.6) is 0 Å². The van der Waals surface area contributed by atoms with Gasteiger partial charge in [-0.1, -0.05) is 206 Å². The van der Waals surface area contributed by atoms with Crippen molar-refractivity contribution < 1.29 is 0 Å². The summed E-state index contributed by atoms with van der Waals surface area (Å²) >= 11 is 0. The van der Waals surface area contributed by atoms with Gasteiger partial charge in [0.15, 0.2) is 16.1 Å². The van der Waals surface area contributed by atoms with Gasteiger partial charge in [0.25, 0.3) is 0 Å². The quantitative estimate of drug-likeness (QED) is 0.115. The van der Waals surface area contributed by atoms with Gasteiger partial charge in [-0.2, -0.15) is 0 Å². The molecule has 0 N–H and O–H groups in total. The molecule has 57 heavy (non-hydrogen) atoms. The minimum absolute atomic E-state index is 1.10. The van der Waals surface area contributed by atoms with E-state index < -0.39 is 16.1 Å². The van der Waals surface area contributed by atoms with E-state index in [1.807, 2.05) is 12.4 Å².